The molecule has 1 heterocycles. The van der Waals surface area contributed by atoms with Gasteiger partial charge in [-0.15, -0.1) is 11.8 Å². The van der Waals surface area contributed by atoms with E-state index in [1.807, 2.05) is 83.8 Å². The maximum atomic E-state index is 13.1. The van der Waals surface area contributed by atoms with Crippen molar-refractivity contribution in [3.8, 4) is 11.5 Å². The van der Waals surface area contributed by atoms with Crippen molar-refractivity contribution in [2.45, 2.75) is 12.0 Å². The summed E-state index contributed by atoms with van der Waals surface area (Å²) in [6.07, 6.45) is 0. The molecule has 30 heavy (non-hydrogen) atoms. The van der Waals surface area contributed by atoms with Crippen LogP contribution in [0.1, 0.15) is 16.5 Å². The molecule has 0 unspecified atom stereocenters. The zero-order valence-electron chi connectivity index (χ0n) is 16.8. The third-order valence-corrected chi connectivity index (χ3v) is 6.17. The van der Waals surface area contributed by atoms with Crippen LogP contribution in [0.15, 0.2) is 78.9 Å². The summed E-state index contributed by atoms with van der Waals surface area (Å²) >= 11 is 1.74. The molecule has 154 valence electrons. The Bertz CT molecular complexity index is 997. The lowest BCUT2D eigenvalue weighted by Gasteiger charge is -2.26. The Hall–Kier alpha value is -3.12. The number of hydrogen-bond acceptors (Lipinski definition) is 4. The molecule has 4 rings (SSSR count). The summed E-state index contributed by atoms with van der Waals surface area (Å²) in [5, 5.41) is 2.88. The van der Waals surface area contributed by atoms with Crippen LogP contribution in [0.5, 0.6) is 11.5 Å². The predicted octanol–water partition coefficient (Wildman–Crippen LogP) is 5.55. The standard InChI is InChI=1S/C24H24N2O3S/c1-28-22-14-8-6-12-20(22)25-24(27)26-15-16-30-23(26)19-11-5-7-13-21(19)29-17-18-9-3-2-4-10-18/h2-14,23H,15-17H2,1H3,(H,25,27)/t23-/m1/s1. The van der Waals surface area contributed by atoms with Crippen LogP contribution in [0.4, 0.5) is 10.5 Å². The molecule has 2 amide bonds. The van der Waals surface area contributed by atoms with E-state index in [4.69, 9.17) is 9.47 Å². The average molecular weight is 421 g/mol. The van der Waals surface area contributed by atoms with Gasteiger partial charge in [0.25, 0.3) is 0 Å². The Kier molecular flexibility index (Phi) is 6.44. The first-order valence-corrected chi connectivity index (χ1v) is 10.9. The number of rotatable bonds is 6. The lowest BCUT2D eigenvalue weighted by atomic mass is 10.1. The summed E-state index contributed by atoms with van der Waals surface area (Å²) in [6, 6.07) is 25.3. The van der Waals surface area contributed by atoms with E-state index in [1.165, 1.54) is 0 Å². The van der Waals surface area contributed by atoms with Crippen LogP contribution in [-0.4, -0.2) is 30.3 Å². The number of nitrogens with zero attached hydrogens (tertiary/aromatic N) is 1. The topological polar surface area (TPSA) is 50.8 Å². The average Bonchev–Trinajstić information content (AvgIpc) is 3.29. The quantitative estimate of drug-likeness (QED) is 0.568. The van der Waals surface area contributed by atoms with Crippen LogP contribution in [0.25, 0.3) is 0 Å². The number of carbonyl (C=O) groups is 1. The first kappa shape index (κ1) is 20.2. The summed E-state index contributed by atoms with van der Waals surface area (Å²) in [5.41, 5.74) is 2.78. The molecule has 1 aliphatic heterocycles. The van der Waals surface area contributed by atoms with Crippen LogP contribution in [-0.2, 0) is 6.61 Å². The second kappa shape index (κ2) is 9.59. The second-order valence-corrected chi connectivity index (χ2v) is 8.05. The molecule has 3 aromatic carbocycles. The fourth-order valence-electron chi connectivity index (χ4n) is 3.42. The molecule has 5 nitrogen and oxygen atoms in total. The second-order valence-electron chi connectivity index (χ2n) is 6.86. The van der Waals surface area contributed by atoms with Gasteiger partial charge in [-0.3, -0.25) is 0 Å². The van der Waals surface area contributed by atoms with Crippen molar-refractivity contribution < 1.29 is 14.3 Å². The molecular weight excluding hydrogens is 396 g/mol. The van der Waals surface area contributed by atoms with Crippen molar-refractivity contribution in [2.75, 3.05) is 24.7 Å². The molecule has 0 bridgehead atoms. The van der Waals surface area contributed by atoms with Crippen molar-refractivity contribution in [3.63, 3.8) is 0 Å². The number of nitrogens with one attached hydrogen (secondary N) is 1. The minimum absolute atomic E-state index is 0.105. The monoisotopic (exact) mass is 420 g/mol. The fraction of sp³-hybridized carbons (Fsp3) is 0.208. The van der Waals surface area contributed by atoms with Gasteiger partial charge in [-0.1, -0.05) is 60.7 Å². The van der Waals surface area contributed by atoms with E-state index in [0.29, 0.717) is 24.6 Å². The molecule has 1 aliphatic rings. The number of thioether (sulfide) groups is 1. The van der Waals surface area contributed by atoms with E-state index in [0.717, 1.165) is 22.6 Å². The van der Waals surface area contributed by atoms with Crippen LogP contribution in [0, 0.1) is 0 Å². The van der Waals surface area contributed by atoms with E-state index in [1.54, 1.807) is 18.9 Å². The molecule has 0 radical (unpaired) electrons. The Morgan fingerprint density at radius 1 is 1.00 bits per heavy atom. The normalized spacial score (nSPS) is 15.6. The molecule has 0 saturated carbocycles. The van der Waals surface area contributed by atoms with Crippen LogP contribution >= 0.6 is 11.8 Å². The smallest absolute Gasteiger partial charge is 0.323 e. The van der Waals surface area contributed by atoms with E-state index in [-0.39, 0.29) is 11.4 Å². The first-order chi connectivity index (χ1) is 14.8. The third kappa shape index (κ3) is 4.54. The third-order valence-electron chi connectivity index (χ3n) is 4.92. The van der Waals surface area contributed by atoms with Gasteiger partial charge in [0.2, 0.25) is 0 Å². The van der Waals surface area contributed by atoms with Gasteiger partial charge >= 0.3 is 6.03 Å². The minimum atomic E-state index is -0.146. The molecule has 1 atom stereocenters. The molecule has 1 N–H and O–H groups in total. The summed E-state index contributed by atoms with van der Waals surface area (Å²) in [4.78, 5) is 14.9. The number of anilines is 1. The highest BCUT2D eigenvalue weighted by Crippen LogP contribution is 2.42. The van der Waals surface area contributed by atoms with E-state index < -0.39 is 0 Å². The number of carbonyl (C=O) groups excluding carboxylic acids is 1. The summed E-state index contributed by atoms with van der Waals surface area (Å²) in [6.45, 7) is 1.16. The van der Waals surface area contributed by atoms with Gasteiger partial charge < -0.3 is 19.7 Å². The highest BCUT2D eigenvalue weighted by Gasteiger charge is 2.33. The van der Waals surface area contributed by atoms with Crippen LogP contribution in [0.2, 0.25) is 0 Å². The number of para-hydroxylation sites is 3. The molecule has 0 aromatic heterocycles. The molecule has 1 saturated heterocycles. The predicted molar refractivity (Wildman–Crippen MR) is 121 cm³/mol. The Labute approximate surface area is 181 Å². The van der Waals surface area contributed by atoms with E-state index >= 15 is 0 Å². The van der Waals surface area contributed by atoms with Gasteiger partial charge in [0.15, 0.2) is 0 Å². The zero-order chi connectivity index (χ0) is 20.8. The molecule has 0 spiro atoms. The largest absolute Gasteiger partial charge is 0.495 e. The Balaban J connectivity index is 1.51. The van der Waals surface area contributed by atoms with Crippen molar-refractivity contribution in [1.82, 2.24) is 4.90 Å². The highest BCUT2D eigenvalue weighted by atomic mass is 32.2. The number of methoxy groups -OCH3 is 1. The molecule has 3 aromatic rings. The number of benzene rings is 3. The zero-order valence-corrected chi connectivity index (χ0v) is 17.6. The first-order valence-electron chi connectivity index (χ1n) is 9.84. The Morgan fingerprint density at radius 3 is 2.50 bits per heavy atom. The maximum absolute atomic E-state index is 13.1. The van der Waals surface area contributed by atoms with Gasteiger partial charge in [0, 0.05) is 17.9 Å². The molecule has 0 aliphatic carbocycles. The van der Waals surface area contributed by atoms with Gasteiger partial charge in [0.05, 0.1) is 12.8 Å². The summed E-state index contributed by atoms with van der Waals surface area (Å²) in [7, 11) is 1.60. The Morgan fingerprint density at radius 2 is 1.70 bits per heavy atom. The number of amides is 2. The van der Waals surface area contributed by atoms with Crippen molar-refractivity contribution in [3.05, 3.63) is 90.0 Å². The van der Waals surface area contributed by atoms with Gasteiger partial charge in [-0.25, -0.2) is 4.79 Å². The molecule has 1 fully saturated rings. The highest BCUT2D eigenvalue weighted by molar-refractivity contribution is 7.99. The minimum Gasteiger partial charge on any atom is -0.495 e. The van der Waals surface area contributed by atoms with Gasteiger partial charge in [-0.2, -0.15) is 0 Å². The molecule has 6 heteroatoms. The van der Waals surface area contributed by atoms with Gasteiger partial charge in [-0.05, 0) is 23.8 Å². The van der Waals surface area contributed by atoms with E-state index in [9.17, 15) is 4.79 Å². The van der Waals surface area contributed by atoms with Crippen LogP contribution < -0.4 is 14.8 Å². The lowest BCUT2D eigenvalue weighted by molar-refractivity contribution is 0.213. The maximum Gasteiger partial charge on any atom is 0.323 e. The number of ether oxygens (including phenoxy) is 2. The van der Waals surface area contributed by atoms with Crippen molar-refractivity contribution >= 4 is 23.5 Å². The summed E-state index contributed by atoms with van der Waals surface area (Å²) < 4.78 is 11.5. The van der Waals surface area contributed by atoms with Crippen molar-refractivity contribution in [1.29, 1.82) is 0 Å². The van der Waals surface area contributed by atoms with Crippen LogP contribution in [0.3, 0.4) is 0 Å². The SMILES string of the molecule is COc1ccccc1NC(=O)N1CCS[C@@H]1c1ccccc1OCc1ccccc1. The number of urea groups is 1. The van der Waals surface area contributed by atoms with Crippen molar-refractivity contribution in [2.24, 2.45) is 0 Å². The molecular formula is C24H24N2O3S. The van der Waals surface area contributed by atoms with Gasteiger partial charge in [0.1, 0.15) is 23.5 Å². The number of hydrogen-bond donors (Lipinski definition) is 1. The van der Waals surface area contributed by atoms with E-state index in [2.05, 4.69) is 5.32 Å². The lowest BCUT2D eigenvalue weighted by Crippen LogP contribution is -2.34. The fourth-order valence-corrected chi connectivity index (χ4v) is 4.70. The summed E-state index contributed by atoms with van der Waals surface area (Å²) in [5.74, 6) is 2.31.